The number of nitrogens with zero attached hydrogens (tertiary/aromatic N) is 1. The van der Waals surface area contributed by atoms with Gasteiger partial charge in [-0.1, -0.05) is 242 Å². The first-order chi connectivity index (χ1) is 34.4. The maximum atomic E-state index is 13.5. The van der Waals surface area contributed by atoms with Crippen molar-refractivity contribution < 1.29 is 37.3 Å². The third-order valence-corrected chi connectivity index (χ3v) is 13.9. The Balaban J connectivity index is 5.40. The molecule has 0 aromatic carbocycles. The smallest absolute Gasteiger partial charge is 0.456 e. The third-order valence-electron chi connectivity index (χ3n) is 13.0. The van der Waals surface area contributed by atoms with E-state index in [0.717, 1.165) is 64.2 Å². The minimum Gasteiger partial charge on any atom is -0.456 e. The third kappa shape index (κ3) is 52.4. The minimum absolute atomic E-state index is 0.0319. The number of unbranched alkanes of at least 4 members (excludes halogenated alkanes) is 29. The lowest BCUT2D eigenvalue weighted by atomic mass is 10.0. The highest BCUT2D eigenvalue weighted by Gasteiger charge is 2.30. The molecule has 0 aromatic rings. The van der Waals surface area contributed by atoms with E-state index in [-0.39, 0.29) is 31.5 Å². The van der Waals surface area contributed by atoms with Gasteiger partial charge in [0.1, 0.15) is 19.3 Å². The largest absolute Gasteiger partial charge is 0.472 e. The molecule has 3 atom stereocenters. The van der Waals surface area contributed by atoms with Crippen LogP contribution in [0.5, 0.6) is 0 Å². The summed E-state index contributed by atoms with van der Waals surface area (Å²) in [4.78, 5) is 37.6. The quantitative estimate of drug-likeness (QED) is 0.0205. The van der Waals surface area contributed by atoms with Gasteiger partial charge in [0.25, 0.3) is 0 Å². The van der Waals surface area contributed by atoms with Crippen LogP contribution in [-0.4, -0.2) is 74.3 Å². The Kier molecular flexibility index (Phi) is 49.6. The number of hydrogen-bond acceptors (Lipinski definition) is 6. The van der Waals surface area contributed by atoms with E-state index in [4.69, 9.17) is 13.8 Å². The van der Waals surface area contributed by atoms with Gasteiger partial charge in [0.2, 0.25) is 5.91 Å². The van der Waals surface area contributed by atoms with E-state index < -0.39 is 20.0 Å². The molecular weight excluding hydrogens is 904 g/mol. The average Bonchev–Trinajstić information content (AvgIpc) is 3.33. The lowest BCUT2D eigenvalue weighted by molar-refractivity contribution is -0.870. The van der Waals surface area contributed by atoms with Crippen molar-refractivity contribution in [2.24, 2.45) is 0 Å². The Labute approximate surface area is 439 Å². The summed E-state index contributed by atoms with van der Waals surface area (Å²) >= 11 is 0. The minimum atomic E-state index is -4.46. The number of amides is 1. The highest BCUT2D eigenvalue weighted by molar-refractivity contribution is 7.47. The summed E-state index contributed by atoms with van der Waals surface area (Å²) in [5.41, 5.74) is 0. The molecule has 9 nitrogen and oxygen atoms in total. The molecular formula is C61H114N2O7P+. The molecule has 0 fully saturated rings. The second kappa shape index (κ2) is 51.2. The molecule has 0 heterocycles. The first kappa shape index (κ1) is 68.7. The van der Waals surface area contributed by atoms with Crippen LogP contribution in [0.1, 0.15) is 265 Å². The molecule has 0 aromatic heterocycles. The Hall–Kier alpha value is -2.29. The van der Waals surface area contributed by atoms with Crippen molar-refractivity contribution in [2.45, 2.75) is 277 Å². The fourth-order valence-electron chi connectivity index (χ4n) is 8.34. The molecule has 0 saturated carbocycles. The lowest BCUT2D eigenvalue weighted by Gasteiger charge is -2.27. The standard InChI is InChI=1S/C61H113N2O7P/c1-7-10-13-16-19-22-25-28-30-32-34-36-39-42-45-48-51-54-61(65)70-59(52-49-46-43-40-37-27-24-21-18-15-12-9-3)58(57-69-71(66,67)68-56-55-63(4,5)6)62-60(64)53-50-47-44-41-38-35-33-31-29-26-23-20-17-14-11-8-2/h19,22,28,30,34,36,42,45,49,52,58-59H,7-18,20-21,23-27,29,31-33,35,37-41,43-44,46-48,50-51,53-57H2,1-6H3,(H-,62,64,66,67)/p+1/b22-19-,30-28-,36-34-,45-42-,52-49+. The van der Waals surface area contributed by atoms with Crippen molar-refractivity contribution in [2.75, 3.05) is 40.9 Å². The second-order valence-electron chi connectivity index (χ2n) is 21.2. The van der Waals surface area contributed by atoms with E-state index >= 15 is 0 Å². The Morgan fingerprint density at radius 3 is 1.34 bits per heavy atom. The van der Waals surface area contributed by atoms with Crippen LogP contribution in [0.4, 0.5) is 0 Å². The number of nitrogens with one attached hydrogen (secondary N) is 1. The molecule has 0 bridgehead atoms. The van der Waals surface area contributed by atoms with E-state index in [1.54, 1.807) is 0 Å². The van der Waals surface area contributed by atoms with Gasteiger partial charge < -0.3 is 19.4 Å². The molecule has 0 aliphatic carbocycles. The predicted octanol–water partition coefficient (Wildman–Crippen LogP) is 17.9. The zero-order chi connectivity index (χ0) is 52.2. The highest BCUT2D eigenvalue weighted by Crippen LogP contribution is 2.43. The number of phosphoric ester groups is 1. The van der Waals surface area contributed by atoms with Gasteiger partial charge in [0, 0.05) is 12.8 Å². The molecule has 414 valence electrons. The molecule has 0 radical (unpaired) electrons. The molecule has 1 amide bonds. The zero-order valence-electron chi connectivity index (χ0n) is 47.2. The van der Waals surface area contributed by atoms with Crippen LogP contribution in [0.3, 0.4) is 0 Å². The number of carbonyl (C=O) groups excluding carboxylic acids is 2. The van der Waals surface area contributed by atoms with Gasteiger partial charge >= 0.3 is 13.8 Å². The van der Waals surface area contributed by atoms with Gasteiger partial charge in [-0.15, -0.1) is 0 Å². The van der Waals surface area contributed by atoms with E-state index in [2.05, 4.69) is 74.7 Å². The summed E-state index contributed by atoms with van der Waals surface area (Å²) in [7, 11) is 1.47. The Morgan fingerprint density at radius 1 is 0.493 bits per heavy atom. The van der Waals surface area contributed by atoms with Crippen LogP contribution in [0.15, 0.2) is 60.8 Å². The predicted molar refractivity (Wildman–Crippen MR) is 305 cm³/mol. The number of allylic oxidation sites excluding steroid dienone is 9. The van der Waals surface area contributed by atoms with Gasteiger partial charge in [-0.25, -0.2) is 4.57 Å². The fraction of sp³-hybridized carbons (Fsp3) is 0.803. The van der Waals surface area contributed by atoms with Gasteiger partial charge in [-0.3, -0.25) is 18.6 Å². The summed E-state index contributed by atoms with van der Waals surface area (Å²) in [5.74, 6) is -0.565. The lowest BCUT2D eigenvalue weighted by Crippen LogP contribution is -2.47. The maximum absolute atomic E-state index is 13.5. The van der Waals surface area contributed by atoms with Crippen molar-refractivity contribution in [3.63, 3.8) is 0 Å². The molecule has 3 unspecified atom stereocenters. The summed E-state index contributed by atoms with van der Waals surface area (Å²) in [6, 6.07) is -0.868. The van der Waals surface area contributed by atoms with Crippen LogP contribution < -0.4 is 5.32 Å². The van der Waals surface area contributed by atoms with Gasteiger partial charge in [-0.05, 0) is 70.3 Å². The normalized spacial score (nSPS) is 14.2. The van der Waals surface area contributed by atoms with Crippen LogP contribution in [-0.2, 0) is 27.9 Å². The SMILES string of the molecule is CCCCC/C=C\C/C=C\C/C=C\C/C=C\CCCC(=O)OC(/C=C/CCCCCCCCCCCC)C(COP(=O)(O)OCC[N+](C)(C)C)NC(=O)CCCCCCCCCCCCCCCCCC. The number of esters is 1. The summed E-state index contributed by atoms with van der Waals surface area (Å²) in [5, 5.41) is 3.04. The molecule has 0 saturated heterocycles. The molecule has 0 aliphatic heterocycles. The first-order valence-electron chi connectivity index (χ1n) is 29.6. The molecule has 0 rings (SSSR count). The van der Waals surface area contributed by atoms with Gasteiger partial charge in [0.05, 0.1) is 33.8 Å². The van der Waals surface area contributed by atoms with Crippen molar-refractivity contribution in [1.82, 2.24) is 5.32 Å². The Morgan fingerprint density at radius 2 is 0.873 bits per heavy atom. The number of carbonyl (C=O) groups is 2. The van der Waals surface area contributed by atoms with Crippen molar-refractivity contribution in [3.05, 3.63) is 60.8 Å². The second-order valence-corrected chi connectivity index (χ2v) is 22.6. The number of rotatable bonds is 53. The molecule has 10 heteroatoms. The summed E-state index contributed by atoms with van der Waals surface area (Å²) in [6.07, 6.45) is 63.6. The molecule has 0 aliphatic rings. The Bertz CT molecular complexity index is 1400. The number of quaternary nitrogens is 1. The first-order valence-corrected chi connectivity index (χ1v) is 31.1. The van der Waals surface area contributed by atoms with Crippen molar-refractivity contribution >= 4 is 19.7 Å². The van der Waals surface area contributed by atoms with E-state index in [1.807, 2.05) is 33.3 Å². The van der Waals surface area contributed by atoms with E-state index in [0.29, 0.717) is 23.9 Å². The zero-order valence-corrected chi connectivity index (χ0v) is 48.1. The average molecular weight is 1020 g/mol. The number of likely N-dealkylation sites (N-methyl/N-ethyl adjacent to an activating group) is 1. The molecule has 2 N–H and O–H groups in total. The summed E-state index contributed by atoms with van der Waals surface area (Å²) < 4.78 is 30.6. The van der Waals surface area contributed by atoms with Crippen LogP contribution in [0, 0.1) is 0 Å². The van der Waals surface area contributed by atoms with Crippen molar-refractivity contribution in [3.8, 4) is 0 Å². The summed E-state index contributed by atoms with van der Waals surface area (Å²) in [6.45, 7) is 6.96. The number of phosphoric acid groups is 1. The van der Waals surface area contributed by atoms with E-state index in [1.165, 1.54) is 161 Å². The van der Waals surface area contributed by atoms with Crippen LogP contribution >= 0.6 is 7.82 Å². The fourth-order valence-corrected chi connectivity index (χ4v) is 9.08. The van der Waals surface area contributed by atoms with E-state index in [9.17, 15) is 19.0 Å². The molecule has 0 spiro atoms. The topological polar surface area (TPSA) is 111 Å². The van der Waals surface area contributed by atoms with Crippen LogP contribution in [0.2, 0.25) is 0 Å². The van der Waals surface area contributed by atoms with Gasteiger partial charge in [0.15, 0.2) is 0 Å². The highest BCUT2D eigenvalue weighted by atomic mass is 31.2. The number of ether oxygens (including phenoxy) is 1. The molecule has 71 heavy (non-hydrogen) atoms. The monoisotopic (exact) mass is 1020 g/mol. The van der Waals surface area contributed by atoms with Crippen molar-refractivity contribution in [1.29, 1.82) is 0 Å². The van der Waals surface area contributed by atoms with Crippen LogP contribution in [0.25, 0.3) is 0 Å². The van der Waals surface area contributed by atoms with Gasteiger partial charge in [-0.2, -0.15) is 0 Å². The number of hydrogen-bond donors (Lipinski definition) is 2. The maximum Gasteiger partial charge on any atom is 0.472 e.